The van der Waals surface area contributed by atoms with Gasteiger partial charge in [-0.1, -0.05) is 18.2 Å². The molecule has 0 radical (unpaired) electrons. The van der Waals surface area contributed by atoms with Crippen molar-refractivity contribution in [1.82, 2.24) is 0 Å². The van der Waals surface area contributed by atoms with E-state index in [0.717, 1.165) is 12.0 Å². The second-order valence-corrected chi connectivity index (χ2v) is 4.90. The van der Waals surface area contributed by atoms with E-state index < -0.39 is 6.10 Å². The lowest BCUT2D eigenvalue weighted by Gasteiger charge is -2.10. The zero-order chi connectivity index (χ0) is 12.1. The smallest absolute Gasteiger partial charge is 0.0991 e. The average molecular weight is 243 g/mol. The molecular formula is C14H13NOS. The first-order chi connectivity index (χ1) is 8.29. The van der Waals surface area contributed by atoms with Crippen molar-refractivity contribution in [2.24, 2.45) is 0 Å². The predicted octanol–water partition coefficient (Wildman–Crippen LogP) is 3.29. The third kappa shape index (κ3) is 3.16. The lowest BCUT2D eigenvalue weighted by Crippen LogP contribution is -1.99. The molecule has 0 saturated heterocycles. The molecule has 0 spiro atoms. The van der Waals surface area contributed by atoms with Crippen molar-refractivity contribution in [3.8, 4) is 6.07 Å². The van der Waals surface area contributed by atoms with E-state index in [1.165, 1.54) is 4.88 Å². The lowest BCUT2D eigenvalue weighted by atomic mass is 10.0. The Morgan fingerprint density at radius 2 is 2.18 bits per heavy atom. The Hall–Kier alpha value is -1.63. The van der Waals surface area contributed by atoms with Gasteiger partial charge in [0.15, 0.2) is 0 Å². The Bertz CT molecular complexity index is 513. The van der Waals surface area contributed by atoms with Crippen LogP contribution in [0.25, 0.3) is 0 Å². The number of hydrogen-bond donors (Lipinski definition) is 1. The van der Waals surface area contributed by atoms with Crippen LogP contribution in [-0.2, 0) is 6.42 Å². The summed E-state index contributed by atoms with van der Waals surface area (Å²) >= 11 is 1.70. The second kappa shape index (κ2) is 5.62. The van der Waals surface area contributed by atoms with Gasteiger partial charge >= 0.3 is 0 Å². The van der Waals surface area contributed by atoms with E-state index >= 15 is 0 Å². The second-order valence-electron chi connectivity index (χ2n) is 3.87. The highest BCUT2D eigenvalue weighted by molar-refractivity contribution is 7.09. The molecule has 0 bridgehead atoms. The molecule has 3 heteroatoms. The van der Waals surface area contributed by atoms with Gasteiger partial charge < -0.3 is 5.11 Å². The van der Waals surface area contributed by atoms with Crippen molar-refractivity contribution in [2.75, 3.05) is 0 Å². The first-order valence-electron chi connectivity index (χ1n) is 5.50. The van der Waals surface area contributed by atoms with Crippen molar-refractivity contribution in [3.05, 3.63) is 57.8 Å². The summed E-state index contributed by atoms with van der Waals surface area (Å²) in [6.45, 7) is 0. The quantitative estimate of drug-likeness (QED) is 0.895. The molecule has 86 valence electrons. The molecular weight excluding hydrogens is 230 g/mol. The van der Waals surface area contributed by atoms with Crippen LogP contribution in [0.1, 0.15) is 28.5 Å². The fraction of sp³-hybridized carbons (Fsp3) is 0.214. The third-order valence-electron chi connectivity index (χ3n) is 2.64. The summed E-state index contributed by atoms with van der Waals surface area (Å²) in [5.74, 6) is 0. The molecule has 2 nitrogen and oxygen atoms in total. The summed E-state index contributed by atoms with van der Waals surface area (Å²) in [7, 11) is 0. The largest absolute Gasteiger partial charge is 0.388 e. The van der Waals surface area contributed by atoms with Crippen LogP contribution in [0.5, 0.6) is 0 Å². The van der Waals surface area contributed by atoms with Crippen molar-refractivity contribution in [1.29, 1.82) is 5.26 Å². The Kier molecular flexibility index (Phi) is 3.92. The third-order valence-corrected chi connectivity index (χ3v) is 3.58. The molecule has 1 aromatic carbocycles. The van der Waals surface area contributed by atoms with Gasteiger partial charge in [0.05, 0.1) is 17.7 Å². The lowest BCUT2D eigenvalue weighted by molar-refractivity contribution is 0.168. The van der Waals surface area contributed by atoms with Crippen molar-refractivity contribution in [3.63, 3.8) is 0 Å². The van der Waals surface area contributed by atoms with Crippen LogP contribution >= 0.6 is 11.3 Å². The maximum absolute atomic E-state index is 10.0. The summed E-state index contributed by atoms with van der Waals surface area (Å²) in [6.07, 6.45) is 1.07. The van der Waals surface area contributed by atoms with Crippen LogP contribution in [0.15, 0.2) is 41.8 Å². The Morgan fingerprint density at radius 3 is 2.88 bits per heavy atom. The summed E-state index contributed by atoms with van der Waals surface area (Å²) in [5.41, 5.74) is 1.42. The molecule has 0 aliphatic rings. The first-order valence-corrected chi connectivity index (χ1v) is 6.38. The highest BCUT2D eigenvalue weighted by atomic mass is 32.1. The predicted molar refractivity (Wildman–Crippen MR) is 68.8 cm³/mol. The normalized spacial score (nSPS) is 12.0. The minimum Gasteiger partial charge on any atom is -0.388 e. The summed E-state index contributed by atoms with van der Waals surface area (Å²) in [6, 6.07) is 13.3. The van der Waals surface area contributed by atoms with Gasteiger partial charge in [-0.3, -0.25) is 0 Å². The molecule has 1 heterocycles. The number of aryl methyl sites for hydroxylation is 1. The van der Waals surface area contributed by atoms with Crippen molar-refractivity contribution >= 4 is 11.3 Å². The fourth-order valence-electron chi connectivity index (χ4n) is 1.72. The van der Waals surface area contributed by atoms with Crippen molar-refractivity contribution in [2.45, 2.75) is 18.9 Å². The highest BCUT2D eigenvalue weighted by Gasteiger charge is 2.08. The number of nitrogens with zero attached hydrogens (tertiary/aromatic N) is 1. The molecule has 17 heavy (non-hydrogen) atoms. The van der Waals surface area contributed by atoms with Crippen LogP contribution in [0.2, 0.25) is 0 Å². The van der Waals surface area contributed by atoms with E-state index in [2.05, 4.69) is 12.1 Å². The molecule has 0 fully saturated rings. The molecule has 0 amide bonds. The zero-order valence-corrected chi connectivity index (χ0v) is 10.2. The van der Waals surface area contributed by atoms with E-state index in [0.29, 0.717) is 12.0 Å². The Morgan fingerprint density at radius 1 is 1.29 bits per heavy atom. The van der Waals surface area contributed by atoms with Crippen LogP contribution in [0.3, 0.4) is 0 Å². The maximum Gasteiger partial charge on any atom is 0.0991 e. The van der Waals surface area contributed by atoms with Gasteiger partial charge in [-0.2, -0.15) is 5.26 Å². The maximum atomic E-state index is 10.0. The van der Waals surface area contributed by atoms with E-state index in [1.807, 2.05) is 23.6 Å². The number of benzene rings is 1. The highest BCUT2D eigenvalue weighted by Crippen LogP contribution is 2.21. The van der Waals surface area contributed by atoms with E-state index in [1.54, 1.807) is 23.5 Å². The summed E-state index contributed by atoms with van der Waals surface area (Å²) < 4.78 is 0. The number of rotatable bonds is 4. The van der Waals surface area contributed by atoms with Gasteiger partial charge in [-0.05, 0) is 42.0 Å². The van der Waals surface area contributed by atoms with Crippen molar-refractivity contribution < 1.29 is 5.11 Å². The molecule has 1 N–H and O–H groups in total. The van der Waals surface area contributed by atoms with E-state index in [4.69, 9.17) is 5.26 Å². The summed E-state index contributed by atoms with van der Waals surface area (Å²) in [5, 5.41) is 20.9. The molecule has 0 saturated carbocycles. The molecule has 0 aliphatic carbocycles. The number of thiophene rings is 1. The standard InChI is InChI=1S/C14H13NOS/c15-10-11-3-1-4-12(9-11)14(16)7-6-13-5-2-8-17-13/h1-5,8-9,14,16H,6-7H2. The minimum absolute atomic E-state index is 0.495. The van der Waals surface area contributed by atoms with Gasteiger partial charge in [0.1, 0.15) is 0 Å². The number of hydrogen-bond acceptors (Lipinski definition) is 3. The molecule has 2 aromatic rings. The monoisotopic (exact) mass is 243 g/mol. The number of aliphatic hydroxyl groups excluding tert-OH is 1. The number of nitriles is 1. The number of aliphatic hydroxyl groups is 1. The molecule has 2 rings (SSSR count). The summed E-state index contributed by atoms with van der Waals surface area (Å²) in [4.78, 5) is 1.28. The van der Waals surface area contributed by atoms with Gasteiger partial charge in [-0.25, -0.2) is 0 Å². The molecule has 0 aliphatic heterocycles. The van der Waals surface area contributed by atoms with Crippen LogP contribution in [0.4, 0.5) is 0 Å². The fourth-order valence-corrected chi connectivity index (χ4v) is 2.44. The minimum atomic E-state index is -0.495. The Balaban J connectivity index is 1.99. The van der Waals surface area contributed by atoms with Gasteiger partial charge in [-0.15, -0.1) is 11.3 Å². The Labute approximate surface area is 105 Å². The van der Waals surface area contributed by atoms with Gasteiger partial charge in [0.25, 0.3) is 0 Å². The van der Waals surface area contributed by atoms with Crippen LogP contribution < -0.4 is 0 Å². The average Bonchev–Trinajstić information content (AvgIpc) is 2.89. The molecule has 1 aromatic heterocycles. The zero-order valence-electron chi connectivity index (χ0n) is 9.34. The molecule has 1 atom stereocenters. The van der Waals surface area contributed by atoms with Crippen LogP contribution in [0, 0.1) is 11.3 Å². The van der Waals surface area contributed by atoms with E-state index in [9.17, 15) is 5.11 Å². The van der Waals surface area contributed by atoms with Crippen LogP contribution in [-0.4, -0.2) is 5.11 Å². The van der Waals surface area contributed by atoms with Gasteiger partial charge in [0, 0.05) is 4.88 Å². The SMILES string of the molecule is N#Cc1cccc(C(O)CCc2cccs2)c1. The van der Waals surface area contributed by atoms with Gasteiger partial charge in [0.2, 0.25) is 0 Å². The first kappa shape index (κ1) is 11.8. The molecule has 1 unspecified atom stereocenters. The topological polar surface area (TPSA) is 44.0 Å². The van der Waals surface area contributed by atoms with E-state index in [-0.39, 0.29) is 0 Å².